The van der Waals surface area contributed by atoms with E-state index in [1.807, 2.05) is 60.7 Å². The molecule has 2 rings (SSSR count). The van der Waals surface area contributed by atoms with Gasteiger partial charge in [0.1, 0.15) is 12.4 Å². The molecule has 0 saturated heterocycles. The Bertz CT molecular complexity index is 663. The van der Waals surface area contributed by atoms with Gasteiger partial charge in [0.25, 0.3) is 0 Å². The van der Waals surface area contributed by atoms with Crippen molar-refractivity contribution in [1.29, 1.82) is 5.26 Å². The fourth-order valence-corrected chi connectivity index (χ4v) is 2.18. The lowest BCUT2D eigenvalue weighted by Gasteiger charge is -2.17. The molecule has 0 radical (unpaired) electrons. The zero-order chi connectivity index (χ0) is 16.5. The van der Waals surface area contributed by atoms with Gasteiger partial charge in [0, 0.05) is 6.54 Å². The first-order valence-corrected chi connectivity index (χ1v) is 7.30. The highest BCUT2D eigenvalue weighted by molar-refractivity contribution is 5.75. The van der Waals surface area contributed by atoms with Crippen molar-refractivity contribution in [3.63, 3.8) is 0 Å². The van der Waals surface area contributed by atoms with Gasteiger partial charge in [0.15, 0.2) is 0 Å². The number of hydrogen-bond donors (Lipinski definition) is 1. The summed E-state index contributed by atoms with van der Waals surface area (Å²) in [5, 5.41) is 8.79. The molecule has 0 aromatic heterocycles. The molecule has 0 fully saturated rings. The van der Waals surface area contributed by atoms with Crippen molar-refractivity contribution in [3.05, 3.63) is 65.7 Å². The number of nitrogens with two attached hydrogens (primary N) is 1. The SMILES string of the molecule is N#CCN(CC(N)=O)Cc1ccc(OCc2ccccc2)cc1. The summed E-state index contributed by atoms with van der Waals surface area (Å²) in [4.78, 5) is 12.7. The second kappa shape index (κ2) is 8.57. The maximum atomic E-state index is 11.0. The van der Waals surface area contributed by atoms with Crippen LogP contribution in [0.3, 0.4) is 0 Å². The molecular weight excluding hydrogens is 290 g/mol. The Morgan fingerprint density at radius 2 is 1.78 bits per heavy atom. The number of benzene rings is 2. The van der Waals surface area contributed by atoms with Gasteiger partial charge in [-0.2, -0.15) is 5.26 Å². The van der Waals surface area contributed by atoms with Crippen molar-refractivity contribution in [1.82, 2.24) is 4.90 Å². The van der Waals surface area contributed by atoms with E-state index in [0.717, 1.165) is 16.9 Å². The Kier molecular flexibility index (Phi) is 6.16. The molecule has 0 atom stereocenters. The van der Waals surface area contributed by atoms with Gasteiger partial charge in [-0.3, -0.25) is 9.69 Å². The van der Waals surface area contributed by atoms with Crippen LogP contribution in [0.15, 0.2) is 54.6 Å². The van der Waals surface area contributed by atoms with Gasteiger partial charge in [-0.05, 0) is 23.3 Å². The van der Waals surface area contributed by atoms with Crippen LogP contribution in [0.25, 0.3) is 0 Å². The largest absolute Gasteiger partial charge is 0.489 e. The standard InChI is InChI=1S/C18H19N3O2/c19-10-11-21(13-18(20)22)12-15-6-8-17(9-7-15)23-14-16-4-2-1-3-5-16/h1-9H,11-14H2,(H2,20,22). The number of amides is 1. The maximum Gasteiger partial charge on any atom is 0.231 e. The molecule has 0 saturated carbocycles. The monoisotopic (exact) mass is 309 g/mol. The van der Waals surface area contributed by atoms with Gasteiger partial charge in [-0.1, -0.05) is 42.5 Å². The summed E-state index contributed by atoms with van der Waals surface area (Å²) >= 11 is 0. The maximum absolute atomic E-state index is 11.0. The van der Waals surface area contributed by atoms with E-state index >= 15 is 0 Å². The molecule has 0 aliphatic rings. The predicted molar refractivity (Wildman–Crippen MR) is 87.3 cm³/mol. The molecule has 0 spiro atoms. The molecule has 0 heterocycles. The molecule has 0 unspecified atom stereocenters. The molecule has 2 aromatic carbocycles. The van der Waals surface area contributed by atoms with E-state index in [0.29, 0.717) is 13.2 Å². The molecule has 1 amide bonds. The number of carbonyl (C=O) groups is 1. The Morgan fingerprint density at radius 1 is 1.09 bits per heavy atom. The van der Waals surface area contributed by atoms with E-state index in [1.54, 1.807) is 4.90 Å². The van der Waals surface area contributed by atoms with E-state index < -0.39 is 5.91 Å². The molecule has 0 aliphatic heterocycles. The molecule has 2 aromatic rings. The second-order valence-corrected chi connectivity index (χ2v) is 5.19. The van der Waals surface area contributed by atoms with Crippen molar-refractivity contribution in [3.8, 4) is 11.8 Å². The summed E-state index contributed by atoms with van der Waals surface area (Å²) in [7, 11) is 0. The summed E-state index contributed by atoms with van der Waals surface area (Å²) in [6.45, 7) is 1.24. The number of rotatable bonds is 8. The van der Waals surface area contributed by atoms with Crippen molar-refractivity contribution in [2.75, 3.05) is 13.1 Å². The minimum Gasteiger partial charge on any atom is -0.489 e. The van der Waals surface area contributed by atoms with Gasteiger partial charge < -0.3 is 10.5 Å². The van der Waals surface area contributed by atoms with Crippen LogP contribution in [0.1, 0.15) is 11.1 Å². The normalized spacial score (nSPS) is 10.3. The summed E-state index contributed by atoms with van der Waals surface area (Å²) in [6.07, 6.45) is 0. The van der Waals surface area contributed by atoms with E-state index in [4.69, 9.17) is 15.7 Å². The van der Waals surface area contributed by atoms with Gasteiger partial charge in [-0.15, -0.1) is 0 Å². The van der Waals surface area contributed by atoms with Crippen molar-refractivity contribution in [2.45, 2.75) is 13.2 Å². The fraction of sp³-hybridized carbons (Fsp3) is 0.222. The van der Waals surface area contributed by atoms with E-state index in [-0.39, 0.29) is 13.1 Å². The smallest absolute Gasteiger partial charge is 0.231 e. The lowest BCUT2D eigenvalue weighted by atomic mass is 10.2. The number of nitrogens with zero attached hydrogens (tertiary/aromatic N) is 2. The third-order valence-corrected chi connectivity index (χ3v) is 3.25. The van der Waals surface area contributed by atoms with E-state index in [9.17, 15) is 4.79 Å². The van der Waals surface area contributed by atoms with Gasteiger partial charge in [-0.25, -0.2) is 0 Å². The number of ether oxygens (including phenoxy) is 1. The third kappa shape index (κ3) is 5.81. The first-order valence-electron chi connectivity index (χ1n) is 7.30. The highest BCUT2D eigenvalue weighted by atomic mass is 16.5. The van der Waals surface area contributed by atoms with Crippen LogP contribution in [-0.4, -0.2) is 23.9 Å². The Morgan fingerprint density at radius 3 is 2.39 bits per heavy atom. The van der Waals surface area contributed by atoms with Gasteiger partial charge in [0.05, 0.1) is 19.2 Å². The van der Waals surface area contributed by atoms with Gasteiger partial charge >= 0.3 is 0 Å². The van der Waals surface area contributed by atoms with Crippen LogP contribution >= 0.6 is 0 Å². The highest BCUT2D eigenvalue weighted by Crippen LogP contribution is 2.15. The van der Waals surface area contributed by atoms with Crippen LogP contribution < -0.4 is 10.5 Å². The summed E-state index contributed by atoms with van der Waals surface area (Å²) in [5.41, 5.74) is 7.29. The molecule has 0 aliphatic carbocycles. The highest BCUT2D eigenvalue weighted by Gasteiger charge is 2.08. The summed E-state index contributed by atoms with van der Waals surface area (Å²) < 4.78 is 5.72. The number of nitriles is 1. The zero-order valence-electron chi connectivity index (χ0n) is 12.8. The van der Waals surface area contributed by atoms with Crippen molar-refractivity contribution >= 4 is 5.91 Å². The lowest BCUT2D eigenvalue weighted by molar-refractivity contribution is -0.119. The molecular formula is C18H19N3O2. The molecule has 5 nitrogen and oxygen atoms in total. The van der Waals surface area contributed by atoms with Crippen LogP contribution in [0, 0.1) is 11.3 Å². The molecule has 23 heavy (non-hydrogen) atoms. The molecule has 0 bridgehead atoms. The number of primary amides is 1. The Balaban J connectivity index is 1.90. The first-order chi connectivity index (χ1) is 11.2. The number of hydrogen-bond acceptors (Lipinski definition) is 4. The quantitative estimate of drug-likeness (QED) is 0.757. The third-order valence-electron chi connectivity index (χ3n) is 3.25. The lowest BCUT2D eigenvalue weighted by Crippen LogP contribution is -2.33. The van der Waals surface area contributed by atoms with Crippen LogP contribution in [-0.2, 0) is 17.9 Å². The zero-order valence-corrected chi connectivity index (χ0v) is 12.8. The summed E-state index contributed by atoms with van der Waals surface area (Å²) in [6, 6.07) is 19.6. The summed E-state index contributed by atoms with van der Waals surface area (Å²) in [5.74, 6) is 0.336. The fourth-order valence-electron chi connectivity index (χ4n) is 2.18. The van der Waals surface area contributed by atoms with Crippen molar-refractivity contribution in [2.24, 2.45) is 5.73 Å². The van der Waals surface area contributed by atoms with E-state index in [1.165, 1.54) is 0 Å². The van der Waals surface area contributed by atoms with Gasteiger partial charge in [0.2, 0.25) is 5.91 Å². The topological polar surface area (TPSA) is 79.4 Å². The minimum absolute atomic E-state index is 0.0693. The van der Waals surface area contributed by atoms with Crippen LogP contribution in [0.4, 0.5) is 0 Å². The predicted octanol–water partition coefficient (Wildman–Crippen LogP) is 2.08. The first kappa shape index (κ1) is 16.5. The molecule has 5 heteroatoms. The Hall–Kier alpha value is -2.84. The molecule has 2 N–H and O–H groups in total. The number of carbonyl (C=O) groups excluding carboxylic acids is 1. The van der Waals surface area contributed by atoms with E-state index in [2.05, 4.69) is 0 Å². The minimum atomic E-state index is -0.442. The van der Waals surface area contributed by atoms with Crippen molar-refractivity contribution < 1.29 is 9.53 Å². The molecule has 118 valence electrons. The Labute approximate surface area is 135 Å². The van der Waals surface area contributed by atoms with Crippen LogP contribution in [0.2, 0.25) is 0 Å². The second-order valence-electron chi connectivity index (χ2n) is 5.19. The average molecular weight is 309 g/mol. The van der Waals surface area contributed by atoms with Crippen LogP contribution in [0.5, 0.6) is 5.75 Å². The average Bonchev–Trinajstić information content (AvgIpc) is 2.55.